The van der Waals surface area contributed by atoms with Crippen molar-refractivity contribution in [1.29, 1.82) is 0 Å². The summed E-state index contributed by atoms with van der Waals surface area (Å²) >= 11 is 0. The molecule has 160 valence electrons. The van der Waals surface area contributed by atoms with Gasteiger partial charge in [-0.1, -0.05) is 24.1 Å². The second-order valence-electron chi connectivity index (χ2n) is 8.30. The van der Waals surface area contributed by atoms with E-state index in [1.165, 1.54) is 32.4 Å². The largest absolute Gasteiger partial charge is 0.340 e. The van der Waals surface area contributed by atoms with Crippen molar-refractivity contribution >= 4 is 11.8 Å². The van der Waals surface area contributed by atoms with Gasteiger partial charge in [0.05, 0.1) is 0 Å². The Kier molecular flexibility index (Phi) is 8.50. The van der Waals surface area contributed by atoms with Gasteiger partial charge < -0.3 is 20.0 Å². The van der Waals surface area contributed by atoms with E-state index in [-0.39, 0.29) is 11.8 Å². The van der Waals surface area contributed by atoms with E-state index in [0.29, 0.717) is 19.5 Å². The number of amides is 2. The normalized spacial score (nSPS) is 17.9. The van der Waals surface area contributed by atoms with Crippen molar-refractivity contribution in [2.45, 2.75) is 39.0 Å². The van der Waals surface area contributed by atoms with Gasteiger partial charge in [0.1, 0.15) is 0 Å². The highest BCUT2D eigenvalue weighted by Gasteiger charge is 2.21. The number of aryl methyl sites for hydroxylation is 1. The molecule has 0 spiro atoms. The van der Waals surface area contributed by atoms with E-state index in [2.05, 4.69) is 10.2 Å². The highest BCUT2D eigenvalue weighted by Crippen LogP contribution is 2.12. The number of nitrogens with one attached hydrogen (secondary N) is 1. The smallest absolute Gasteiger partial charge is 0.253 e. The first-order chi connectivity index (χ1) is 14.1. The van der Waals surface area contributed by atoms with Crippen molar-refractivity contribution < 1.29 is 9.59 Å². The fourth-order valence-electron chi connectivity index (χ4n) is 4.25. The number of benzene rings is 1. The molecule has 0 aromatic heterocycles. The number of likely N-dealkylation sites (tertiary alicyclic amines) is 1. The van der Waals surface area contributed by atoms with Crippen molar-refractivity contribution in [2.24, 2.45) is 0 Å². The second kappa shape index (κ2) is 11.3. The average molecular weight is 401 g/mol. The van der Waals surface area contributed by atoms with Crippen molar-refractivity contribution in [1.82, 2.24) is 20.0 Å². The summed E-state index contributed by atoms with van der Waals surface area (Å²) < 4.78 is 0. The Labute approximate surface area is 175 Å². The van der Waals surface area contributed by atoms with Crippen LogP contribution in [0.2, 0.25) is 0 Å². The molecular formula is C23H36N4O2. The van der Waals surface area contributed by atoms with Crippen LogP contribution >= 0.6 is 0 Å². The molecule has 3 rings (SSSR count). The van der Waals surface area contributed by atoms with Crippen LogP contribution in [-0.4, -0.2) is 85.4 Å². The van der Waals surface area contributed by atoms with Crippen LogP contribution in [0, 0.1) is 6.92 Å². The zero-order chi connectivity index (χ0) is 20.5. The van der Waals surface area contributed by atoms with Crippen LogP contribution in [0.15, 0.2) is 24.3 Å². The minimum absolute atomic E-state index is 0.0421. The van der Waals surface area contributed by atoms with Gasteiger partial charge in [0.2, 0.25) is 5.91 Å². The minimum Gasteiger partial charge on any atom is -0.340 e. The molecule has 0 aliphatic carbocycles. The summed E-state index contributed by atoms with van der Waals surface area (Å²) in [5, 5.41) is 3.28. The molecule has 2 fully saturated rings. The Balaban J connectivity index is 1.57. The number of piperazine rings is 1. The van der Waals surface area contributed by atoms with E-state index in [9.17, 15) is 9.59 Å². The minimum atomic E-state index is 0.0421. The molecule has 0 unspecified atom stereocenters. The summed E-state index contributed by atoms with van der Waals surface area (Å²) in [6.45, 7) is 9.82. The SMILES string of the molecule is Cc1cccc(C(=O)N(CCCN2CCCCC2)CCC(=O)N2CCNCC2)c1. The lowest BCUT2D eigenvalue weighted by Crippen LogP contribution is -2.47. The van der Waals surface area contributed by atoms with Gasteiger partial charge in [0.15, 0.2) is 0 Å². The summed E-state index contributed by atoms with van der Waals surface area (Å²) in [7, 11) is 0. The topological polar surface area (TPSA) is 55.9 Å². The molecule has 6 heteroatoms. The molecule has 0 atom stereocenters. The highest BCUT2D eigenvalue weighted by atomic mass is 16.2. The van der Waals surface area contributed by atoms with E-state index in [4.69, 9.17) is 0 Å². The maximum absolute atomic E-state index is 13.1. The lowest BCUT2D eigenvalue weighted by atomic mass is 10.1. The van der Waals surface area contributed by atoms with Gasteiger partial charge in [-0.2, -0.15) is 0 Å². The standard InChI is InChI=1S/C23H36N4O2/c1-20-7-5-8-21(19-20)23(29)27(15-6-14-25-12-3-2-4-13-25)16-9-22(28)26-17-10-24-11-18-26/h5,7-8,19,24H,2-4,6,9-18H2,1H3. The zero-order valence-corrected chi connectivity index (χ0v) is 17.9. The Morgan fingerprint density at radius 2 is 1.79 bits per heavy atom. The molecule has 0 bridgehead atoms. The molecule has 2 aliphatic heterocycles. The van der Waals surface area contributed by atoms with E-state index in [1.54, 1.807) is 0 Å². The van der Waals surface area contributed by atoms with Crippen LogP contribution in [0.5, 0.6) is 0 Å². The first-order valence-electron chi connectivity index (χ1n) is 11.2. The summed E-state index contributed by atoms with van der Waals surface area (Å²) in [6.07, 6.45) is 5.26. The Hall–Kier alpha value is -1.92. The number of carbonyl (C=O) groups is 2. The first kappa shape index (κ1) is 21.8. The van der Waals surface area contributed by atoms with Gasteiger partial charge in [0, 0.05) is 51.3 Å². The molecule has 2 aliphatic rings. The molecule has 1 N–H and O–H groups in total. The van der Waals surface area contributed by atoms with Gasteiger partial charge in [-0.3, -0.25) is 9.59 Å². The number of hydrogen-bond acceptors (Lipinski definition) is 4. The Bertz CT molecular complexity index is 667. The molecule has 2 heterocycles. The molecule has 6 nitrogen and oxygen atoms in total. The number of nitrogens with zero attached hydrogens (tertiary/aromatic N) is 3. The third-order valence-electron chi connectivity index (χ3n) is 5.97. The highest BCUT2D eigenvalue weighted by molar-refractivity contribution is 5.94. The van der Waals surface area contributed by atoms with Crippen molar-refractivity contribution in [3.8, 4) is 0 Å². The molecule has 1 aromatic carbocycles. The van der Waals surface area contributed by atoms with Crippen LogP contribution in [0.3, 0.4) is 0 Å². The van der Waals surface area contributed by atoms with Crippen molar-refractivity contribution in [3.63, 3.8) is 0 Å². The fourth-order valence-corrected chi connectivity index (χ4v) is 4.25. The van der Waals surface area contributed by atoms with Gasteiger partial charge in [-0.25, -0.2) is 0 Å². The Morgan fingerprint density at radius 1 is 1.03 bits per heavy atom. The molecule has 2 amide bonds. The number of hydrogen-bond donors (Lipinski definition) is 1. The molecule has 29 heavy (non-hydrogen) atoms. The molecule has 1 aromatic rings. The van der Waals surface area contributed by atoms with Gasteiger partial charge in [0.25, 0.3) is 5.91 Å². The van der Waals surface area contributed by atoms with E-state index in [0.717, 1.165) is 50.3 Å². The predicted molar refractivity (Wildman–Crippen MR) is 116 cm³/mol. The lowest BCUT2D eigenvalue weighted by Gasteiger charge is -2.30. The third-order valence-corrected chi connectivity index (χ3v) is 5.97. The third kappa shape index (κ3) is 6.82. The van der Waals surface area contributed by atoms with Crippen LogP contribution in [0.4, 0.5) is 0 Å². The first-order valence-corrected chi connectivity index (χ1v) is 11.2. The van der Waals surface area contributed by atoms with Gasteiger partial charge >= 0.3 is 0 Å². The van der Waals surface area contributed by atoms with E-state index in [1.807, 2.05) is 41.0 Å². The van der Waals surface area contributed by atoms with Crippen LogP contribution in [0.1, 0.15) is 48.0 Å². The van der Waals surface area contributed by atoms with Gasteiger partial charge in [-0.15, -0.1) is 0 Å². The monoisotopic (exact) mass is 400 g/mol. The number of piperidine rings is 1. The quantitative estimate of drug-likeness (QED) is 0.726. The molecular weight excluding hydrogens is 364 g/mol. The Morgan fingerprint density at radius 3 is 2.52 bits per heavy atom. The number of rotatable bonds is 8. The molecule has 0 radical (unpaired) electrons. The molecule has 0 saturated carbocycles. The average Bonchev–Trinajstić information content (AvgIpc) is 2.76. The fraction of sp³-hybridized carbons (Fsp3) is 0.652. The maximum Gasteiger partial charge on any atom is 0.253 e. The number of carbonyl (C=O) groups excluding carboxylic acids is 2. The summed E-state index contributed by atoms with van der Waals surface area (Å²) in [6, 6.07) is 7.76. The van der Waals surface area contributed by atoms with E-state index < -0.39 is 0 Å². The van der Waals surface area contributed by atoms with Crippen molar-refractivity contribution in [3.05, 3.63) is 35.4 Å². The maximum atomic E-state index is 13.1. The van der Waals surface area contributed by atoms with Crippen LogP contribution in [0.25, 0.3) is 0 Å². The zero-order valence-electron chi connectivity index (χ0n) is 17.9. The van der Waals surface area contributed by atoms with E-state index >= 15 is 0 Å². The lowest BCUT2D eigenvalue weighted by molar-refractivity contribution is -0.131. The second-order valence-corrected chi connectivity index (χ2v) is 8.30. The van der Waals surface area contributed by atoms with Crippen LogP contribution in [-0.2, 0) is 4.79 Å². The molecule has 2 saturated heterocycles. The van der Waals surface area contributed by atoms with Crippen LogP contribution < -0.4 is 5.32 Å². The predicted octanol–water partition coefficient (Wildman–Crippen LogP) is 2.14. The van der Waals surface area contributed by atoms with Gasteiger partial charge in [-0.05, 0) is 58.0 Å². The summed E-state index contributed by atoms with van der Waals surface area (Å²) in [5.41, 5.74) is 1.80. The van der Waals surface area contributed by atoms with Crippen molar-refractivity contribution in [2.75, 3.05) is 58.9 Å². The summed E-state index contributed by atoms with van der Waals surface area (Å²) in [4.78, 5) is 32.0. The summed E-state index contributed by atoms with van der Waals surface area (Å²) in [5.74, 6) is 0.199.